The standard InChI is InChI=1S/C20H19F3N6O2S/c1-28-6-8-29(9-7-28)19(31)11-10-25-17(27-15(11)20(21,22)23)14(16(24)30)18-26-12-4-2-3-5-13(12)32-18/h2-5,10,26H,6-9H2,1H3,(H2,24,30)/b18-14-. The van der Waals surface area contributed by atoms with Crippen molar-refractivity contribution in [1.29, 1.82) is 0 Å². The number of hydrogen-bond donors (Lipinski definition) is 2. The molecule has 0 atom stereocenters. The van der Waals surface area contributed by atoms with Gasteiger partial charge in [0.05, 0.1) is 16.3 Å². The summed E-state index contributed by atoms with van der Waals surface area (Å²) in [5.74, 6) is -2.28. The molecule has 0 unspecified atom stereocenters. The Morgan fingerprint density at radius 2 is 1.84 bits per heavy atom. The third-order valence-corrected chi connectivity index (χ3v) is 6.21. The number of alkyl halides is 3. The number of rotatable bonds is 3. The van der Waals surface area contributed by atoms with Gasteiger partial charge in [-0.2, -0.15) is 13.2 Å². The number of carbonyl (C=O) groups is 2. The molecule has 1 fully saturated rings. The molecule has 1 aromatic carbocycles. The number of anilines is 1. The van der Waals surface area contributed by atoms with Crippen molar-refractivity contribution < 1.29 is 22.8 Å². The molecule has 168 valence electrons. The number of benzene rings is 1. The van der Waals surface area contributed by atoms with E-state index in [4.69, 9.17) is 5.73 Å². The van der Waals surface area contributed by atoms with E-state index in [1.54, 1.807) is 24.3 Å². The van der Waals surface area contributed by atoms with E-state index in [-0.39, 0.29) is 10.6 Å². The van der Waals surface area contributed by atoms with Crippen LogP contribution in [0.5, 0.6) is 0 Å². The molecule has 3 heterocycles. The van der Waals surface area contributed by atoms with Crippen LogP contribution in [0.25, 0.3) is 5.57 Å². The lowest BCUT2D eigenvalue weighted by Crippen LogP contribution is -2.47. The number of nitrogens with zero attached hydrogens (tertiary/aromatic N) is 4. The van der Waals surface area contributed by atoms with Crippen LogP contribution in [0.4, 0.5) is 18.9 Å². The Bertz CT molecular complexity index is 1090. The highest BCUT2D eigenvalue weighted by Crippen LogP contribution is 2.43. The summed E-state index contributed by atoms with van der Waals surface area (Å²) in [5.41, 5.74) is 3.83. The second kappa shape index (κ2) is 8.43. The number of hydrogen-bond acceptors (Lipinski definition) is 7. The van der Waals surface area contributed by atoms with Crippen LogP contribution in [0.1, 0.15) is 21.9 Å². The van der Waals surface area contributed by atoms with Crippen LogP contribution in [0.2, 0.25) is 0 Å². The van der Waals surface area contributed by atoms with Crippen molar-refractivity contribution in [2.45, 2.75) is 11.1 Å². The molecule has 2 aromatic rings. The third-order valence-electron chi connectivity index (χ3n) is 5.12. The predicted molar refractivity (Wildman–Crippen MR) is 112 cm³/mol. The quantitative estimate of drug-likeness (QED) is 0.672. The molecule has 12 heteroatoms. The SMILES string of the molecule is CN1CCN(C(=O)c2cnc(/C(C(N)=O)=C3/Nc4ccccc4S3)nc2C(F)(F)F)CC1. The Kier molecular flexibility index (Phi) is 5.82. The van der Waals surface area contributed by atoms with Crippen molar-refractivity contribution in [3.05, 3.63) is 52.6 Å². The fourth-order valence-corrected chi connectivity index (χ4v) is 4.46. The van der Waals surface area contributed by atoms with Gasteiger partial charge in [0, 0.05) is 37.3 Å². The van der Waals surface area contributed by atoms with Gasteiger partial charge in [0.15, 0.2) is 11.5 Å². The smallest absolute Gasteiger partial charge is 0.365 e. The van der Waals surface area contributed by atoms with Gasteiger partial charge < -0.3 is 20.9 Å². The van der Waals surface area contributed by atoms with Gasteiger partial charge in [0.2, 0.25) is 0 Å². The summed E-state index contributed by atoms with van der Waals surface area (Å²) in [6.45, 7) is 1.69. The van der Waals surface area contributed by atoms with Crippen molar-refractivity contribution in [2.24, 2.45) is 5.73 Å². The lowest BCUT2D eigenvalue weighted by atomic mass is 10.1. The zero-order chi connectivity index (χ0) is 23.0. The first-order valence-corrected chi connectivity index (χ1v) is 10.5. The summed E-state index contributed by atoms with van der Waals surface area (Å²) in [5, 5.41) is 3.19. The van der Waals surface area contributed by atoms with Gasteiger partial charge in [-0.3, -0.25) is 9.59 Å². The molecule has 0 bridgehead atoms. The second-order valence-electron chi connectivity index (χ2n) is 7.34. The van der Waals surface area contributed by atoms with E-state index in [1.165, 1.54) is 4.90 Å². The molecular weight excluding hydrogens is 445 g/mol. The van der Waals surface area contributed by atoms with Crippen molar-refractivity contribution in [2.75, 3.05) is 38.5 Å². The van der Waals surface area contributed by atoms with Crippen LogP contribution >= 0.6 is 11.8 Å². The number of nitrogens with one attached hydrogen (secondary N) is 1. The molecule has 2 amide bonds. The molecule has 1 saturated heterocycles. The van der Waals surface area contributed by atoms with E-state index in [2.05, 4.69) is 15.3 Å². The zero-order valence-corrected chi connectivity index (χ0v) is 17.8. The van der Waals surface area contributed by atoms with E-state index in [0.29, 0.717) is 31.9 Å². The number of thioether (sulfide) groups is 1. The molecule has 8 nitrogen and oxygen atoms in total. The van der Waals surface area contributed by atoms with Crippen LogP contribution in [0.3, 0.4) is 0 Å². The number of halogens is 3. The van der Waals surface area contributed by atoms with Gasteiger partial charge in [-0.05, 0) is 19.2 Å². The number of amides is 2. The minimum atomic E-state index is -4.93. The summed E-state index contributed by atoms with van der Waals surface area (Å²) < 4.78 is 41.6. The Morgan fingerprint density at radius 3 is 2.47 bits per heavy atom. The lowest BCUT2D eigenvalue weighted by Gasteiger charge is -2.32. The minimum absolute atomic E-state index is 0.227. The largest absolute Gasteiger partial charge is 0.434 e. The molecule has 2 aliphatic rings. The van der Waals surface area contributed by atoms with Crippen LogP contribution in [0.15, 0.2) is 40.4 Å². The summed E-state index contributed by atoms with van der Waals surface area (Å²) in [6, 6.07) is 7.11. The van der Waals surface area contributed by atoms with Gasteiger partial charge in [-0.1, -0.05) is 23.9 Å². The highest BCUT2D eigenvalue weighted by atomic mass is 32.2. The van der Waals surface area contributed by atoms with Gasteiger partial charge in [0.1, 0.15) is 5.57 Å². The van der Waals surface area contributed by atoms with Crippen LogP contribution in [-0.2, 0) is 11.0 Å². The average molecular weight is 464 g/mol. The van der Waals surface area contributed by atoms with Crippen LogP contribution in [0, 0.1) is 0 Å². The van der Waals surface area contributed by atoms with E-state index in [0.717, 1.165) is 22.9 Å². The number of piperazine rings is 1. The summed E-state index contributed by atoms with van der Waals surface area (Å²) >= 11 is 1.14. The highest BCUT2D eigenvalue weighted by molar-refractivity contribution is 8.04. The van der Waals surface area contributed by atoms with Crippen molar-refractivity contribution >= 4 is 34.8 Å². The Hall–Kier alpha value is -3.12. The number of carbonyl (C=O) groups excluding carboxylic acids is 2. The molecule has 0 spiro atoms. The average Bonchev–Trinajstić information content (AvgIpc) is 3.16. The van der Waals surface area contributed by atoms with Gasteiger partial charge in [0.25, 0.3) is 11.8 Å². The fraction of sp³-hybridized carbons (Fsp3) is 0.300. The van der Waals surface area contributed by atoms with E-state index >= 15 is 0 Å². The molecule has 2 aliphatic heterocycles. The number of primary amides is 1. The van der Waals surface area contributed by atoms with Gasteiger partial charge in [-0.15, -0.1) is 0 Å². The summed E-state index contributed by atoms with van der Waals surface area (Å²) in [6.07, 6.45) is -4.11. The predicted octanol–water partition coefficient (Wildman–Crippen LogP) is 2.25. The first kappa shape index (κ1) is 22.1. The Labute approximate surface area is 185 Å². The Morgan fingerprint density at radius 1 is 1.16 bits per heavy atom. The van der Waals surface area contributed by atoms with Gasteiger partial charge in [-0.25, -0.2) is 9.97 Å². The van der Waals surface area contributed by atoms with Crippen molar-refractivity contribution in [3.8, 4) is 0 Å². The Balaban J connectivity index is 1.75. The zero-order valence-electron chi connectivity index (χ0n) is 16.9. The first-order valence-electron chi connectivity index (χ1n) is 9.65. The number of nitrogens with two attached hydrogens (primary N) is 1. The number of aromatic nitrogens is 2. The van der Waals surface area contributed by atoms with Gasteiger partial charge >= 0.3 is 6.18 Å². The van der Waals surface area contributed by atoms with Crippen molar-refractivity contribution in [3.63, 3.8) is 0 Å². The maximum absolute atomic E-state index is 13.9. The first-order chi connectivity index (χ1) is 15.1. The summed E-state index contributed by atoms with van der Waals surface area (Å²) in [4.78, 5) is 36.6. The number of para-hydroxylation sites is 1. The fourth-order valence-electron chi connectivity index (χ4n) is 3.41. The van der Waals surface area contributed by atoms with E-state index in [9.17, 15) is 22.8 Å². The molecule has 3 N–H and O–H groups in total. The molecule has 0 radical (unpaired) electrons. The topological polar surface area (TPSA) is 104 Å². The van der Waals surface area contributed by atoms with E-state index < -0.39 is 35.1 Å². The van der Waals surface area contributed by atoms with Crippen molar-refractivity contribution in [1.82, 2.24) is 19.8 Å². The number of fused-ring (bicyclic) bond motifs is 1. The van der Waals surface area contributed by atoms with E-state index in [1.807, 2.05) is 11.9 Å². The minimum Gasteiger partial charge on any atom is -0.365 e. The maximum atomic E-state index is 13.9. The van der Waals surface area contributed by atoms with Crippen LogP contribution < -0.4 is 11.1 Å². The normalized spacial score (nSPS) is 18.2. The molecule has 32 heavy (non-hydrogen) atoms. The molecule has 4 rings (SSSR count). The summed E-state index contributed by atoms with van der Waals surface area (Å²) in [7, 11) is 1.87. The molecule has 0 aliphatic carbocycles. The second-order valence-corrected chi connectivity index (χ2v) is 8.39. The number of likely N-dealkylation sites (N-methyl/N-ethyl adjacent to an activating group) is 1. The highest BCUT2D eigenvalue weighted by Gasteiger charge is 2.40. The molecular formula is C20H19F3N6O2S. The molecule has 1 aromatic heterocycles. The maximum Gasteiger partial charge on any atom is 0.434 e. The lowest BCUT2D eigenvalue weighted by molar-refractivity contribution is -0.141. The third kappa shape index (κ3) is 4.28. The monoisotopic (exact) mass is 464 g/mol. The van der Waals surface area contributed by atoms with Crippen LogP contribution in [-0.4, -0.2) is 64.8 Å². The molecule has 0 saturated carbocycles.